The lowest BCUT2D eigenvalue weighted by Gasteiger charge is -2.17. The minimum Gasteiger partial charge on any atom is -0.350 e. The number of urea groups is 1. The zero-order chi connectivity index (χ0) is 13.4. The number of rotatable bonds is 6. The summed E-state index contributed by atoms with van der Waals surface area (Å²) in [4.78, 5) is 12.8. The third-order valence-corrected chi connectivity index (χ3v) is 2.67. The van der Waals surface area contributed by atoms with E-state index in [1.165, 1.54) is 5.56 Å². The van der Waals surface area contributed by atoms with E-state index < -0.39 is 6.03 Å². The van der Waals surface area contributed by atoms with Crippen LogP contribution in [-0.2, 0) is 6.54 Å². The molecule has 98 valence electrons. The summed E-state index contributed by atoms with van der Waals surface area (Å²) in [6.45, 7) is 7.34. The second-order valence-corrected chi connectivity index (χ2v) is 3.94. The first-order valence-corrected chi connectivity index (χ1v) is 6.05. The van der Waals surface area contributed by atoms with Crippen LogP contribution in [0.1, 0.15) is 25.0 Å². The summed E-state index contributed by atoms with van der Waals surface area (Å²) in [6, 6.07) is 7.38. The van der Waals surface area contributed by atoms with Gasteiger partial charge in [-0.15, -0.1) is 0 Å². The Labute approximate surface area is 108 Å². The van der Waals surface area contributed by atoms with Gasteiger partial charge in [0.2, 0.25) is 0 Å². The molecule has 0 fully saturated rings. The predicted octanol–water partition coefficient (Wildman–Crippen LogP) is 1.53. The third-order valence-electron chi connectivity index (χ3n) is 2.67. The van der Waals surface area contributed by atoms with Crippen molar-refractivity contribution in [2.45, 2.75) is 20.4 Å². The fraction of sp³-hybridized carbons (Fsp3) is 0.385. The molecule has 5 nitrogen and oxygen atoms in total. The molecule has 1 rings (SSSR count). The molecule has 18 heavy (non-hydrogen) atoms. The Morgan fingerprint density at radius 1 is 1.33 bits per heavy atom. The monoisotopic (exact) mass is 248 g/mol. The number of nitrogens with one attached hydrogen (secondary N) is 1. The number of carbonyl (C=O) groups is 1. The number of hydrazone groups is 1. The van der Waals surface area contributed by atoms with E-state index in [0.29, 0.717) is 0 Å². The molecule has 0 heterocycles. The van der Waals surface area contributed by atoms with Crippen molar-refractivity contribution in [3.8, 4) is 0 Å². The maximum absolute atomic E-state index is 10.4. The largest absolute Gasteiger partial charge is 0.350 e. The second-order valence-electron chi connectivity index (χ2n) is 3.94. The molecule has 0 aliphatic carbocycles. The van der Waals surface area contributed by atoms with Gasteiger partial charge >= 0.3 is 6.03 Å². The molecule has 5 heteroatoms. The normalized spacial score (nSPS) is 11.1. The van der Waals surface area contributed by atoms with Crippen LogP contribution >= 0.6 is 0 Å². The number of nitrogens with two attached hydrogens (primary N) is 1. The molecule has 0 radical (unpaired) electrons. The van der Waals surface area contributed by atoms with Crippen LogP contribution in [0.2, 0.25) is 0 Å². The zero-order valence-electron chi connectivity index (χ0n) is 10.9. The Bertz CT molecular complexity index is 396. The molecule has 0 atom stereocenters. The molecule has 0 bridgehead atoms. The highest BCUT2D eigenvalue weighted by Crippen LogP contribution is 2.06. The lowest BCUT2D eigenvalue weighted by Crippen LogP contribution is -2.24. The number of amides is 2. The van der Waals surface area contributed by atoms with Crippen LogP contribution < -0.4 is 11.2 Å². The first kappa shape index (κ1) is 14.2. The Hall–Kier alpha value is -1.88. The number of nitrogens with zero attached hydrogens (tertiary/aromatic N) is 2. The fourth-order valence-electron chi connectivity index (χ4n) is 1.58. The van der Waals surface area contributed by atoms with Crippen molar-refractivity contribution >= 4 is 12.2 Å². The van der Waals surface area contributed by atoms with Crippen LogP contribution in [0, 0.1) is 0 Å². The van der Waals surface area contributed by atoms with Gasteiger partial charge in [0.1, 0.15) is 0 Å². The van der Waals surface area contributed by atoms with Gasteiger partial charge < -0.3 is 5.73 Å². The van der Waals surface area contributed by atoms with Crippen molar-refractivity contribution in [3.63, 3.8) is 0 Å². The van der Waals surface area contributed by atoms with Gasteiger partial charge in [0.05, 0.1) is 6.21 Å². The summed E-state index contributed by atoms with van der Waals surface area (Å²) < 4.78 is 0. The van der Waals surface area contributed by atoms with Crippen molar-refractivity contribution in [1.29, 1.82) is 0 Å². The number of benzene rings is 1. The van der Waals surface area contributed by atoms with E-state index in [9.17, 15) is 4.79 Å². The molecule has 0 aromatic heterocycles. The molecule has 1 aromatic rings. The molecule has 2 amide bonds. The molecule has 3 N–H and O–H groups in total. The number of primary amides is 1. The van der Waals surface area contributed by atoms with E-state index >= 15 is 0 Å². The summed E-state index contributed by atoms with van der Waals surface area (Å²) >= 11 is 0. The first-order valence-electron chi connectivity index (χ1n) is 6.05. The number of carbonyl (C=O) groups excluding carboxylic acids is 1. The Morgan fingerprint density at radius 2 is 1.94 bits per heavy atom. The maximum atomic E-state index is 10.4. The number of hydrogen-bond donors (Lipinski definition) is 2. The summed E-state index contributed by atoms with van der Waals surface area (Å²) in [6.07, 6.45) is 1.56. The summed E-state index contributed by atoms with van der Waals surface area (Å²) in [5, 5.41) is 3.70. The molecule has 0 aliphatic rings. The van der Waals surface area contributed by atoms with E-state index in [1.54, 1.807) is 6.21 Å². The molecule has 0 saturated heterocycles. The van der Waals surface area contributed by atoms with Gasteiger partial charge in [-0.3, -0.25) is 4.90 Å². The van der Waals surface area contributed by atoms with E-state index in [4.69, 9.17) is 5.73 Å². The Morgan fingerprint density at radius 3 is 2.44 bits per heavy atom. The SMILES string of the molecule is CCN(CC)Cc1ccc(C=NNC(N)=O)cc1. The molecule has 0 unspecified atom stereocenters. The molecule has 0 saturated carbocycles. The molecule has 0 spiro atoms. The van der Waals surface area contributed by atoms with Gasteiger partial charge in [-0.05, 0) is 24.2 Å². The standard InChI is InChI=1S/C13H20N4O/c1-3-17(4-2)10-12-7-5-11(6-8-12)9-15-16-13(14)18/h5-9H,3-4,10H2,1-2H3,(H3,14,16,18). The number of hydrogen-bond acceptors (Lipinski definition) is 3. The quantitative estimate of drug-likeness (QED) is 0.592. The minimum atomic E-state index is -0.663. The van der Waals surface area contributed by atoms with Crippen LogP contribution in [0.4, 0.5) is 4.79 Å². The average Bonchev–Trinajstić information content (AvgIpc) is 2.37. The van der Waals surface area contributed by atoms with E-state index in [1.807, 2.05) is 12.1 Å². The van der Waals surface area contributed by atoms with Gasteiger partial charge in [-0.2, -0.15) is 5.10 Å². The van der Waals surface area contributed by atoms with Crippen molar-refractivity contribution in [1.82, 2.24) is 10.3 Å². The van der Waals surface area contributed by atoms with Crippen LogP contribution in [0.15, 0.2) is 29.4 Å². The smallest absolute Gasteiger partial charge is 0.332 e. The van der Waals surface area contributed by atoms with Gasteiger partial charge in [0.25, 0.3) is 0 Å². The molecular formula is C13H20N4O. The van der Waals surface area contributed by atoms with Crippen molar-refractivity contribution in [2.75, 3.05) is 13.1 Å². The summed E-state index contributed by atoms with van der Waals surface area (Å²) in [5.41, 5.74) is 9.24. The van der Waals surface area contributed by atoms with Gasteiger partial charge in [-0.1, -0.05) is 38.1 Å². The highest BCUT2D eigenvalue weighted by molar-refractivity contribution is 5.81. The van der Waals surface area contributed by atoms with Crippen LogP contribution in [0.25, 0.3) is 0 Å². The lowest BCUT2D eigenvalue weighted by atomic mass is 10.1. The van der Waals surface area contributed by atoms with Crippen LogP contribution in [-0.4, -0.2) is 30.2 Å². The topological polar surface area (TPSA) is 70.7 Å². The van der Waals surface area contributed by atoms with Crippen molar-refractivity contribution in [2.24, 2.45) is 10.8 Å². The van der Waals surface area contributed by atoms with E-state index in [2.05, 4.69) is 41.4 Å². The average molecular weight is 248 g/mol. The zero-order valence-corrected chi connectivity index (χ0v) is 10.9. The van der Waals surface area contributed by atoms with Gasteiger partial charge in [0.15, 0.2) is 0 Å². The molecule has 0 aliphatic heterocycles. The van der Waals surface area contributed by atoms with E-state index in [-0.39, 0.29) is 0 Å². The van der Waals surface area contributed by atoms with Crippen LogP contribution in [0.3, 0.4) is 0 Å². The summed E-state index contributed by atoms with van der Waals surface area (Å²) in [7, 11) is 0. The molecular weight excluding hydrogens is 228 g/mol. The van der Waals surface area contributed by atoms with Crippen molar-refractivity contribution in [3.05, 3.63) is 35.4 Å². The highest BCUT2D eigenvalue weighted by Gasteiger charge is 2.00. The predicted molar refractivity (Wildman–Crippen MR) is 73.4 cm³/mol. The van der Waals surface area contributed by atoms with Gasteiger partial charge in [-0.25, -0.2) is 10.2 Å². The van der Waals surface area contributed by atoms with Gasteiger partial charge in [0, 0.05) is 6.54 Å². The highest BCUT2D eigenvalue weighted by atomic mass is 16.2. The fourth-order valence-corrected chi connectivity index (χ4v) is 1.58. The Kier molecular flexibility index (Phi) is 5.87. The minimum absolute atomic E-state index is 0.663. The van der Waals surface area contributed by atoms with E-state index in [0.717, 1.165) is 25.2 Å². The van der Waals surface area contributed by atoms with Crippen molar-refractivity contribution < 1.29 is 4.79 Å². The third kappa shape index (κ3) is 4.97. The molecule has 1 aromatic carbocycles. The van der Waals surface area contributed by atoms with Crippen LogP contribution in [0.5, 0.6) is 0 Å². The lowest BCUT2D eigenvalue weighted by molar-refractivity contribution is 0.249. The second kappa shape index (κ2) is 7.45. The Balaban J connectivity index is 2.57. The summed E-state index contributed by atoms with van der Waals surface area (Å²) in [5.74, 6) is 0. The maximum Gasteiger partial charge on any atom is 0.332 e. The first-order chi connectivity index (χ1) is 8.65.